The summed E-state index contributed by atoms with van der Waals surface area (Å²) in [6.45, 7) is 9.52. The molecule has 78 valence electrons. The number of hydrogen-bond donors (Lipinski definition) is 1. The number of likely N-dealkylation sites (tertiary alicyclic amines) is 1. The van der Waals surface area contributed by atoms with Crippen LogP contribution < -0.4 is 5.32 Å². The first-order chi connectivity index (χ1) is 6.34. The Morgan fingerprint density at radius 3 is 2.54 bits per heavy atom. The fourth-order valence-electron chi connectivity index (χ4n) is 1.98. The third-order valence-electron chi connectivity index (χ3n) is 2.88. The van der Waals surface area contributed by atoms with Crippen molar-refractivity contribution in [1.29, 1.82) is 0 Å². The molecule has 0 saturated carbocycles. The van der Waals surface area contributed by atoms with Crippen molar-refractivity contribution >= 4 is 0 Å². The van der Waals surface area contributed by atoms with Gasteiger partial charge in [0.1, 0.15) is 0 Å². The van der Waals surface area contributed by atoms with Gasteiger partial charge in [0.15, 0.2) is 0 Å². The first-order valence-corrected chi connectivity index (χ1v) is 5.79. The number of nitrogens with zero attached hydrogens (tertiary/aromatic N) is 1. The van der Waals surface area contributed by atoms with Gasteiger partial charge in [0.2, 0.25) is 0 Å². The minimum Gasteiger partial charge on any atom is -0.315 e. The lowest BCUT2D eigenvalue weighted by atomic mass is 10.1. The minimum atomic E-state index is 0.729. The molecule has 0 radical (unpaired) electrons. The molecule has 1 atom stereocenters. The molecule has 13 heavy (non-hydrogen) atoms. The van der Waals surface area contributed by atoms with Crippen molar-refractivity contribution in [3.8, 4) is 0 Å². The minimum absolute atomic E-state index is 0.729. The van der Waals surface area contributed by atoms with E-state index in [1.165, 1.54) is 38.8 Å². The Balaban J connectivity index is 2.09. The second-order valence-corrected chi connectivity index (χ2v) is 4.15. The SMILES string of the molecule is CCCNCC(C)N1CCCCC1. The molecule has 1 heterocycles. The molecule has 2 heteroatoms. The summed E-state index contributed by atoms with van der Waals surface area (Å²) in [5.74, 6) is 0. The molecule has 1 rings (SSSR count). The maximum absolute atomic E-state index is 3.49. The highest BCUT2D eigenvalue weighted by Gasteiger charge is 2.15. The standard InChI is InChI=1S/C11H24N2/c1-3-7-12-10-11(2)13-8-5-4-6-9-13/h11-12H,3-10H2,1-2H3. The van der Waals surface area contributed by atoms with Gasteiger partial charge in [-0.05, 0) is 45.8 Å². The molecule has 0 aromatic carbocycles. The summed E-state index contributed by atoms with van der Waals surface area (Å²) in [5.41, 5.74) is 0. The van der Waals surface area contributed by atoms with E-state index >= 15 is 0 Å². The molecule has 1 saturated heterocycles. The fraction of sp³-hybridized carbons (Fsp3) is 1.00. The number of nitrogens with one attached hydrogen (secondary N) is 1. The van der Waals surface area contributed by atoms with Crippen LogP contribution in [0.15, 0.2) is 0 Å². The number of piperidine rings is 1. The van der Waals surface area contributed by atoms with Gasteiger partial charge in [0, 0.05) is 12.6 Å². The predicted octanol–water partition coefficient (Wildman–Crippen LogP) is 1.86. The number of rotatable bonds is 5. The van der Waals surface area contributed by atoms with Crippen molar-refractivity contribution in [2.75, 3.05) is 26.2 Å². The molecule has 1 fully saturated rings. The third-order valence-corrected chi connectivity index (χ3v) is 2.88. The largest absolute Gasteiger partial charge is 0.315 e. The van der Waals surface area contributed by atoms with E-state index in [1.54, 1.807) is 0 Å². The fourth-order valence-corrected chi connectivity index (χ4v) is 1.98. The van der Waals surface area contributed by atoms with Crippen LogP contribution in [0.2, 0.25) is 0 Å². The van der Waals surface area contributed by atoms with Crippen LogP contribution in [0.1, 0.15) is 39.5 Å². The van der Waals surface area contributed by atoms with Gasteiger partial charge in [-0.15, -0.1) is 0 Å². The Morgan fingerprint density at radius 1 is 1.23 bits per heavy atom. The van der Waals surface area contributed by atoms with E-state index in [0.29, 0.717) is 0 Å². The molecule has 0 amide bonds. The van der Waals surface area contributed by atoms with E-state index < -0.39 is 0 Å². The van der Waals surface area contributed by atoms with Gasteiger partial charge < -0.3 is 5.32 Å². The van der Waals surface area contributed by atoms with Crippen LogP contribution in [0.5, 0.6) is 0 Å². The topological polar surface area (TPSA) is 15.3 Å². The molecular weight excluding hydrogens is 160 g/mol. The molecule has 0 bridgehead atoms. The van der Waals surface area contributed by atoms with Crippen LogP contribution in [0, 0.1) is 0 Å². The Hall–Kier alpha value is -0.0800. The van der Waals surface area contributed by atoms with Crippen LogP contribution in [0.4, 0.5) is 0 Å². The lowest BCUT2D eigenvalue weighted by Gasteiger charge is -2.32. The van der Waals surface area contributed by atoms with Gasteiger partial charge in [-0.2, -0.15) is 0 Å². The Bertz CT molecular complexity index is 119. The maximum Gasteiger partial charge on any atom is 0.0192 e. The van der Waals surface area contributed by atoms with Crippen LogP contribution in [-0.2, 0) is 0 Å². The van der Waals surface area contributed by atoms with Gasteiger partial charge in [-0.25, -0.2) is 0 Å². The summed E-state index contributed by atoms with van der Waals surface area (Å²) in [6.07, 6.45) is 5.48. The van der Waals surface area contributed by atoms with Gasteiger partial charge in [-0.3, -0.25) is 4.90 Å². The Morgan fingerprint density at radius 2 is 1.92 bits per heavy atom. The molecule has 1 aliphatic rings. The summed E-state index contributed by atoms with van der Waals surface area (Å²) in [7, 11) is 0. The zero-order chi connectivity index (χ0) is 9.52. The van der Waals surface area contributed by atoms with E-state index in [1.807, 2.05) is 0 Å². The zero-order valence-electron chi connectivity index (χ0n) is 9.18. The van der Waals surface area contributed by atoms with E-state index in [4.69, 9.17) is 0 Å². The normalized spacial score (nSPS) is 21.7. The third kappa shape index (κ3) is 4.10. The smallest absolute Gasteiger partial charge is 0.0192 e. The lowest BCUT2D eigenvalue weighted by Crippen LogP contribution is -2.43. The quantitative estimate of drug-likeness (QED) is 0.656. The lowest BCUT2D eigenvalue weighted by molar-refractivity contribution is 0.171. The van der Waals surface area contributed by atoms with E-state index in [9.17, 15) is 0 Å². The molecule has 1 aliphatic heterocycles. The zero-order valence-corrected chi connectivity index (χ0v) is 9.18. The van der Waals surface area contributed by atoms with Crippen molar-refractivity contribution < 1.29 is 0 Å². The summed E-state index contributed by atoms with van der Waals surface area (Å²) >= 11 is 0. The van der Waals surface area contributed by atoms with Gasteiger partial charge >= 0.3 is 0 Å². The molecule has 2 nitrogen and oxygen atoms in total. The van der Waals surface area contributed by atoms with E-state index in [-0.39, 0.29) is 0 Å². The first kappa shape index (κ1) is 11.0. The van der Waals surface area contributed by atoms with E-state index in [2.05, 4.69) is 24.1 Å². The Labute approximate surface area is 82.7 Å². The summed E-state index contributed by atoms with van der Waals surface area (Å²) in [4.78, 5) is 2.62. The average molecular weight is 184 g/mol. The van der Waals surface area contributed by atoms with Crippen LogP contribution in [-0.4, -0.2) is 37.1 Å². The van der Waals surface area contributed by atoms with Crippen molar-refractivity contribution in [1.82, 2.24) is 10.2 Å². The van der Waals surface area contributed by atoms with Crippen LogP contribution >= 0.6 is 0 Å². The van der Waals surface area contributed by atoms with Crippen molar-refractivity contribution in [2.45, 2.75) is 45.6 Å². The summed E-state index contributed by atoms with van der Waals surface area (Å²) < 4.78 is 0. The predicted molar refractivity (Wildman–Crippen MR) is 58.0 cm³/mol. The second kappa shape index (κ2) is 6.39. The van der Waals surface area contributed by atoms with Crippen LogP contribution in [0.25, 0.3) is 0 Å². The van der Waals surface area contributed by atoms with Crippen LogP contribution in [0.3, 0.4) is 0 Å². The van der Waals surface area contributed by atoms with Crippen molar-refractivity contribution in [3.05, 3.63) is 0 Å². The molecule has 0 aromatic rings. The van der Waals surface area contributed by atoms with Crippen molar-refractivity contribution in [3.63, 3.8) is 0 Å². The van der Waals surface area contributed by atoms with E-state index in [0.717, 1.165) is 19.1 Å². The van der Waals surface area contributed by atoms with Gasteiger partial charge in [0.25, 0.3) is 0 Å². The molecule has 0 aliphatic carbocycles. The molecule has 1 unspecified atom stereocenters. The molecule has 0 spiro atoms. The first-order valence-electron chi connectivity index (χ1n) is 5.79. The Kier molecular flexibility index (Phi) is 5.40. The van der Waals surface area contributed by atoms with Crippen molar-refractivity contribution in [2.24, 2.45) is 0 Å². The molecule has 0 aromatic heterocycles. The second-order valence-electron chi connectivity index (χ2n) is 4.15. The average Bonchev–Trinajstić information content (AvgIpc) is 2.19. The summed E-state index contributed by atoms with van der Waals surface area (Å²) in [6, 6.07) is 0.729. The summed E-state index contributed by atoms with van der Waals surface area (Å²) in [5, 5.41) is 3.49. The number of hydrogen-bond acceptors (Lipinski definition) is 2. The molecular formula is C11H24N2. The maximum atomic E-state index is 3.49. The highest BCUT2D eigenvalue weighted by molar-refractivity contribution is 4.72. The highest BCUT2D eigenvalue weighted by Crippen LogP contribution is 2.11. The molecule has 1 N–H and O–H groups in total. The van der Waals surface area contributed by atoms with Gasteiger partial charge in [0.05, 0.1) is 0 Å². The highest BCUT2D eigenvalue weighted by atomic mass is 15.2. The monoisotopic (exact) mass is 184 g/mol. The van der Waals surface area contributed by atoms with Gasteiger partial charge in [-0.1, -0.05) is 13.3 Å².